The summed E-state index contributed by atoms with van der Waals surface area (Å²) in [6, 6.07) is 9.95. The predicted molar refractivity (Wildman–Crippen MR) is 71.4 cm³/mol. The van der Waals surface area contributed by atoms with Crippen LogP contribution < -0.4 is 0 Å². The molecule has 5 heteroatoms. The van der Waals surface area contributed by atoms with E-state index < -0.39 is 5.97 Å². The van der Waals surface area contributed by atoms with Crippen molar-refractivity contribution in [2.24, 2.45) is 0 Å². The average molecular weight is 276 g/mol. The lowest BCUT2D eigenvalue weighted by Gasteiger charge is -2.05. The fourth-order valence-corrected chi connectivity index (χ4v) is 1.83. The minimum Gasteiger partial charge on any atom is -0.465 e. The first kappa shape index (κ1) is 13.2. The van der Waals surface area contributed by atoms with Gasteiger partial charge in [-0.3, -0.25) is 4.79 Å². The number of carbonyl (C=O) groups is 2. The fourth-order valence-electron chi connectivity index (χ4n) is 1.64. The lowest BCUT2D eigenvalue weighted by atomic mass is 10.1. The summed E-state index contributed by atoms with van der Waals surface area (Å²) in [5.74, 6) is -0.520. The van der Waals surface area contributed by atoms with E-state index in [1.165, 1.54) is 13.2 Å². The molecule has 1 heterocycles. The van der Waals surface area contributed by atoms with Gasteiger partial charge in [-0.25, -0.2) is 9.78 Å². The summed E-state index contributed by atoms with van der Waals surface area (Å²) in [5, 5.41) is 0.551. The number of benzene rings is 1. The van der Waals surface area contributed by atoms with Gasteiger partial charge in [-0.05, 0) is 24.3 Å². The van der Waals surface area contributed by atoms with E-state index in [9.17, 15) is 9.59 Å². The number of carbonyl (C=O) groups excluding carboxylic acids is 2. The summed E-state index contributed by atoms with van der Waals surface area (Å²) in [6.45, 7) is 0. The molecule has 0 spiro atoms. The maximum atomic E-state index is 11.5. The van der Waals surface area contributed by atoms with E-state index in [2.05, 4.69) is 9.72 Å². The van der Waals surface area contributed by atoms with Gasteiger partial charge >= 0.3 is 5.97 Å². The highest BCUT2D eigenvalue weighted by Gasteiger charge is 2.11. The molecule has 2 aromatic rings. The van der Waals surface area contributed by atoms with Crippen LogP contribution in [0.3, 0.4) is 0 Å². The zero-order valence-corrected chi connectivity index (χ0v) is 10.8. The third-order valence-corrected chi connectivity index (χ3v) is 2.74. The molecule has 96 valence electrons. The van der Waals surface area contributed by atoms with Crippen molar-refractivity contribution in [3.63, 3.8) is 0 Å². The smallest absolute Gasteiger partial charge is 0.338 e. The fraction of sp³-hybridized carbons (Fsp3) is 0.0714. The number of pyridine rings is 1. The summed E-state index contributed by atoms with van der Waals surface area (Å²) < 4.78 is 4.64. The first-order valence-electron chi connectivity index (χ1n) is 5.45. The lowest BCUT2D eigenvalue weighted by molar-refractivity contribution is 0.0600. The van der Waals surface area contributed by atoms with Crippen LogP contribution in [0.15, 0.2) is 36.4 Å². The average Bonchev–Trinajstić information content (AvgIpc) is 2.45. The molecular formula is C14H10ClNO3. The number of nitrogens with zero attached hydrogens (tertiary/aromatic N) is 1. The van der Waals surface area contributed by atoms with Crippen molar-refractivity contribution in [3.8, 4) is 11.3 Å². The molecule has 0 N–H and O–H groups in total. The molecule has 0 saturated heterocycles. The summed E-state index contributed by atoms with van der Waals surface area (Å²) in [7, 11) is 1.28. The van der Waals surface area contributed by atoms with Gasteiger partial charge < -0.3 is 4.74 Å². The van der Waals surface area contributed by atoms with E-state index in [0.717, 1.165) is 5.56 Å². The summed E-state index contributed by atoms with van der Waals surface area (Å²) in [6.07, 6.45) is 0.584. The number of aldehydes is 1. The number of rotatable bonds is 3. The Morgan fingerprint density at radius 1 is 1.32 bits per heavy atom. The molecule has 0 unspecified atom stereocenters. The van der Waals surface area contributed by atoms with Crippen molar-refractivity contribution < 1.29 is 14.3 Å². The second kappa shape index (κ2) is 5.63. The molecule has 0 radical (unpaired) electrons. The zero-order valence-electron chi connectivity index (χ0n) is 10.1. The Kier molecular flexibility index (Phi) is 3.92. The third kappa shape index (κ3) is 2.98. The Balaban J connectivity index is 2.56. The van der Waals surface area contributed by atoms with Crippen LogP contribution >= 0.6 is 11.6 Å². The molecule has 0 aliphatic carbocycles. The van der Waals surface area contributed by atoms with Gasteiger partial charge in [-0.2, -0.15) is 0 Å². The molecule has 4 nitrogen and oxygen atoms in total. The van der Waals surface area contributed by atoms with Gasteiger partial charge in [0.2, 0.25) is 0 Å². The highest BCUT2D eigenvalue weighted by Crippen LogP contribution is 2.22. The van der Waals surface area contributed by atoms with Gasteiger partial charge in [0, 0.05) is 10.6 Å². The molecule has 19 heavy (non-hydrogen) atoms. The van der Waals surface area contributed by atoms with E-state index in [4.69, 9.17) is 11.6 Å². The van der Waals surface area contributed by atoms with Crippen LogP contribution in [0.4, 0.5) is 0 Å². The molecule has 0 saturated carbocycles. The molecule has 0 fully saturated rings. The number of ether oxygens (including phenoxy) is 1. The molecule has 0 atom stereocenters. The van der Waals surface area contributed by atoms with Gasteiger partial charge in [-0.15, -0.1) is 0 Å². The zero-order chi connectivity index (χ0) is 13.8. The Morgan fingerprint density at radius 3 is 2.74 bits per heavy atom. The summed E-state index contributed by atoms with van der Waals surface area (Å²) >= 11 is 5.91. The highest BCUT2D eigenvalue weighted by atomic mass is 35.5. The quantitative estimate of drug-likeness (QED) is 0.638. The molecule has 1 aromatic heterocycles. The predicted octanol–water partition coefficient (Wildman–Crippen LogP) is 3.00. The second-order valence-electron chi connectivity index (χ2n) is 3.79. The Bertz CT molecular complexity index is 640. The maximum Gasteiger partial charge on any atom is 0.338 e. The van der Waals surface area contributed by atoms with Crippen LogP contribution in [-0.2, 0) is 4.74 Å². The molecule has 0 aliphatic heterocycles. The van der Waals surface area contributed by atoms with Crippen LogP contribution in [-0.4, -0.2) is 24.3 Å². The summed E-state index contributed by atoms with van der Waals surface area (Å²) in [4.78, 5) is 26.6. The van der Waals surface area contributed by atoms with E-state index in [-0.39, 0.29) is 11.3 Å². The standard InChI is InChI=1S/C14H10ClNO3/c1-19-14(18)10-6-12(8-17)16-13(7-10)9-3-2-4-11(15)5-9/h2-8H,1H3. The summed E-state index contributed by atoms with van der Waals surface area (Å²) in [5.41, 5.74) is 1.65. The van der Waals surface area contributed by atoms with Crippen molar-refractivity contribution in [1.29, 1.82) is 0 Å². The van der Waals surface area contributed by atoms with E-state index in [1.807, 2.05) is 0 Å². The van der Waals surface area contributed by atoms with Crippen LogP contribution in [0.25, 0.3) is 11.3 Å². The van der Waals surface area contributed by atoms with Crippen LogP contribution in [0.2, 0.25) is 5.02 Å². The largest absolute Gasteiger partial charge is 0.465 e. The van der Waals surface area contributed by atoms with Crippen molar-refractivity contribution in [2.75, 3.05) is 7.11 Å². The first-order valence-corrected chi connectivity index (χ1v) is 5.83. The van der Waals surface area contributed by atoms with Crippen molar-refractivity contribution in [2.45, 2.75) is 0 Å². The van der Waals surface area contributed by atoms with Gasteiger partial charge in [0.05, 0.1) is 18.4 Å². The molecule has 0 amide bonds. The maximum absolute atomic E-state index is 11.5. The Hall–Kier alpha value is -2.20. The number of hydrogen-bond donors (Lipinski definition) is 0. The van der Waals surface area contributed by atoms with Crippen molar-refractivity contribution in [3.05, 3.63) is 52.7 Å². The number of hydrogen-bond acceptors (Lipinski definition) is 4. The molecule has 1 aromatic carbocycles. The van der Waals surface area contributed by atoms with Crippen molar-refractivity contribution in [1.82, 2.24) is 4.98 Å². The first-order chi connectivity index (χ1) is 9.13. The van der Waals surface area contributed by atoms with Gasteiger partial charge in [0.1, 0.15) is 5.69 Å². The number of methoxy groups -OCH3 is 1. The highest BCUT2D eigenvalue weighted by molar-refractivity contribution is 6.30. The van der Waals surface area contributed by atoms with E-state index in [0.29, 0.717) is 17.0 Å². The van der Waals surface area contributed by atoms with Crippen LogP contribution in [0.1, 0.15) is 20.8 Å². The number of halogens is 1. The topological polar surface area (TPSA) is 56.3 Å². The second-order valence-corrected chi connectivity index (χ2v) is 4.22. The van der Waals surface area contributed by atoms with E-state index in [1.54, 1.807) is 30.3 Å². The van der Waals surface area contributed by atoms with Crippen molar-refractivity contribution >= 4 is 23.9 Å². The van der Waals surface area contributed by atoms with Gasteiger partial charge in [0.15, 0.2) is 6.29 Å². The normalized spacial score (nSPS) is 10.0. The van der Waals surface area contributed by atoms with Crippen LogP contribution in [0, 0.1) is 0 Å². The molecule has 2 rings (SSSR count). The molecule has 0 aliphatic rings. The molecular weight excluding hydrogens is 266 g/mol. The van der Waals surface area contributed by atoms with Gasteiger partial charge in [0.25, 0.3) is 0 Å². The van der Waals surface area contributed by atoms with Crippen LogP contribution in [0.5, 0.6) is 0 Å². The third-order valence-electron chi connectivity index (χ3n) is 2.51. The molecule has 0 bridgehead atoms. The Labute approximate surface area is 115 Å². The number of esters is 1. The van der Waals surface area contributed by atoms with Gasteiger partial charge in [-0.1, -0.05) is 23.7 Å². The monoisotopic (exact) mass is 275 g/mol. The Morgan fingerprint density at radius 2 is 2.11 bits per heavy atom. The lowest BCUT2D eigenvalue weighted by Crippen LogP contribution is -2.04. The number of aromatic nitrogens is 1. The SMILES string of the molecule is COC(=O)c1cc(C=O)nc(-c2cccc(Cl)c2)c1. The minimum atomic E-state index is -0.520. The minimum absolute atomic E-state index is 0.165. The van der Waals surface area contributed by atoms with E-state index >= 15 is 0 Å².